The van der Waals surface area contributed by atoms with Crippen LogP contribution in [0.1, 0.15) is 39.5 Å². The van der Waals surface area contributed by atoms with Crippen LogP contribution in [-0.2, 0) is 11.8 Å². The maximum Gasteiger partial charge on any atom is 0.326 e. The van der Waals surface area contributed by atoms with Crippen molar-refractivity contribution < 1.29 is 14.7 Å². The summed E-state index contributed by atoms with van der Waals surface area (Å²) in [6.07, 6.45) is 2.32. The van der Waals surface area contributed by atoms with Gasteiger partial charge in [0.1, 0.15) is 15.9 Å². The molecule has 1 atom stereocenters. The molecule has 1 unspecified atom stereocenters. The van der Waals surface area contributed by atoms with E-state index in [1.165, 1.54) is 4.68 Å². The van der Waals surface area contributed by atoms with Crippen molar-refractivity contribution in [2.75, 3.05) is 0 Å². The molecule has 0 radical (unpaired) electrons. The van der Waals surface area contributed by atoms with Gasteiger partial charge in [-0.15, -0.1) is 17.9 Å². The predicted octanol–water partition coefficient (Wildman–Crippen LogP) is 1.98. The van der Waals surface area contributed by atoms with Crippen LogP contribution < -0.4 is 10.9 Å². The Labute approximate surface area is 160 Å². The molecule has 0 saturated carbocycles. The van der Waals surface area contributed by atoms with Crippen molar-refractivity contribution >= 4 is 23.2 Å². The minimum Gasteiger partial charge on any atom is -0.480 e. The van der Waals surface area contributed by atoms with Gasteiger partial charge in [0.05, 0.1) is 17.0 Å². The number of nitrogens with one attached hydrogen (secondary N) is 1. The zero-order valence-electron chi connectivity index (χ0n) is 15.7. The molecule has 8 nitrogen and oxygen atoms in total. The average molecular weight is 390 g/mol. The summed E-state index contributed by atoms with van der Waals surface area (Å²) >= 11 is 1.07. The molecular formula is C18H22N4O4S. The predicted molar refractivity (Wildman–Crippen MR) is 103 cm³/mol. The molecule has 0 aliphatic heterocycles. The van der Waals surface area contributed by atoms with E-state index >= 15 is 0 Å². The molecule has 0 saturated heterocycles. The number of carbonyl (C=O) groups is 2. The highest BCUT2D eigenvalue weighted by molar-refractivity contribution is 7.17. The van der Waals surface area contributed by atoms with E-state index in [4.69, 9.17) is 0 Å². The molecule has 9 heteroatoms. The number of thiazole rings is 1. The monoisotopic (exact) mass is 390 g/mol. The van der Waals surface area contributed by atoms with Crippen molar-refractivity contribution in [3.63, 3.8) is 0 Å². The highest BCUT2D eigenvalue weighted by Crippen LogP contribution is 2.28. The fraction of sp³-hybridized carbons (Fsp3) is 0.389. The Balaban J connectivity index is 2.40. The lowest BCUT2D eigenvalue weighted by Gasteiger charge is -2.12. The number of aryl methyl sites for hydroxylation is 3. The number of amides is 1. The summed E-state index contributed by atoms with van der Waals surface area (Å²) in [5, 5.41) is 16.3. The first-order valence-corrected chi connectivity index (χ1v) is 9.15. The summed E-state index contributed by atoms with van der Waals surface area (Å²) < 4.78 is 1.24. The van der Waals surface area contributed by atoms with Crippen LogP contribution in [-0.4, -0.2) is 37.8 Å². The summed E-state index contributed by atoms with van der Waals surface area (Å²) in [4.78, 5) is 41.1. The average Bonchev–Trinajstić information content (AvgIpc) is 2.98. The fourth-order valence-electron chi connectivity index (χ4n) is 2.58. The number of carboxylic acid groups (broad SMARTS) is 1. The second kappa shape index (κ2) is 8.26. The van der Waals surface area contributed by atoms with Gasteiger partial charge in [-0.2, -0.15) is 5.10 Å². The first-order chi connectivity index (χ1) is 12.7. The fourth-order valence-corrected chi connectivity index (χ4v) is 3.64. The topological polar surface area (TPSA) is 114 Å². The molecule has 0 bridgehead atoms. The molecule has 0 spiro atoms. The molecule has 0 fully saturated rings. The quantitative estimate of drug-likeness (QED) is 0.699. The zero-order valence-corrected chi connectivity index (χ0v) is 16.5. The van der Waals surface area contributed by atoms with Gasteiger partial charge in [-0.1, -0.05) is 6.08 Å². The number of aliphatic carboxylic acids is 1. The lowest BCUT2D eigenvalue weighted by atomic mass is 10.1. The SMILES string of the molecule is C=CCCC(NC(=O)c1sc(-c2c(C)c(C)nn(C)c2=O)nc1C)C(=O)O. The molecule has 2 aromatic rings. The van der Waals surface area contributed by atoms with Crippen LogP contribution in [0, 0.1) is 20.8 Å². The molecule has 2 rings (SSSR count). The van der Waals surface area contributed by atoms with Crippen LogP contribution in [0.3, 0.4) is 0 Å². The molecule has 0 aromatic carbocycles. The summed E-state index contributed by atoms with van der Waals surface area (Å²) in [7, 11) is 1.56. The Morgan fingerprint density at radius 2 is 2.00 bits per heavy atom. The van der Waals surface area contributed by atoms with E-state index in [1.807, 2.05) is 0 Å². The van der Waals surface area contributed by atoms with Crippen molar-refractivity contribution in [3.8, 4) is 10.6 Å². The van der Waals surface area contributed by atoms with Crippen molar-refractivity contribution in [3.05, 3.63) is 44.8 Å². The second-order valence-corrected chi connectivity index (χ2v) is 7.18. The van der Waals surface area contributed by atoms with E-state index in [0.717, 1.165) is 11.3 Å². The lowest BCUT2D eigenvalue weighted by Crippen LogP contribution is -2.40. The summed E-state index contributed by atoms with van der Waals surface area (Å²) in [5.41, 5.74) is 1.94. The number of rotatable bonds is 7. The number of nitrogens with zero attached hydrogens (tertiary/aromatic N) is 3. The minimum absolute atomic E-state index is 0.248. The van der Waals surface area contributed by atoms with Crippen LogP contribution in [0.4, 0.5) is 0 Å². The van der Waals surface area contributed by atoms with Gasteiger partial charge in [-0.25, -0.2) is 14.5 Å². The van der Waals surface area contributed by atoms with Gasteiger partial charge in [0.2, 0.25) is 0 Å². The molecule has 0 aliphatic rings. The third-order valence-corrected chi connectivity index (χ3v) is 5.38. The Hall–Kier alpha value is -2.81. The lowest BCUT2D eigenvalue weighted by molar-refractivity contribution is -0.139. The van der Waals surface area contributed by atoms with Gasteiger partial charge in [0.15, 0.2) is 0 Å². The third kappa shape index (κ3) is 4.30. The number of aromatic nitrogens is 3. The van der Waals surface area contributed by atoms with Gasteiger partial charge in [-0.3, -0.25) is 9.59 Å². The second-order valence-electron chi connectivity index (χ2n) is 6.18. The zero-order chi connectivity index (χ0) is 20.3. The van der Waals surface area contributed by atoms with E-state index in [9.17, 15) is 19.5 Å². The van der Waals surface area contributed by atoms with Gasteiger partial charge < -0.3 is 10.4 Å². The molecule has 1 amide bonds. The molecule has 2 N–H and O–H groups in total. The van der Waals surface area contributed by atoms with Gasteiger partial charge in [-0.05, 0) is 39.2 Å². The van der Waals surface area contributed by atoms with Crippen LogP contribution >= 0.6 is 11.3 Å². The van der Waals surface area contributed by atoms with Crippen molar-refractivity contribution in [1.29, 1.82) is 0 Å². The highest BCUT2D eigenvalue weighted by Gasteiger charge is 2.24. The van der Waals surface area contributed by atoms with E-state index in [2.05, 4.69) is 22.0 Å². The molecule has 0 aliphatic carbocycles. The third-order valence-electron chi connectivity index (χ3n) is 4.21. The van der Waals surface area contributed by atoms with E-state index in [1.54, 1.807) is 33.9 Å². The Morgan fingerprint density at radius 1 is 1.33 bits per heavy atom. The summed E-state index contributed by atoms with van der Waals surface area (Å²) in [6.45, 7) is 8.79. The molecule has 144 valence electrons. The number of hydrogen-bond donors (Lipinski definition) is 2. The molecule has 27 heavy (non-hydrogen) atoms. The largest absolute Gasteiger partial charge is 0.480 e. The molecular weight excluding hydrogens is 368 g/mol. The van der Waals surface area contributed by atoms with E-state index in [0.29, 0.717) is 33.9 Å². The van der Waals surface area contributed by atoms with Crippen molar-refractivity contribution in [2.24, 2.45) is 7.05 Å². The van der Waals surface area contributed by atoms with Gasteiger partial charge >= 0.3 is 5.97 Å². The highest BCUT2D eigenvalue weighted by atomic mass is 32.1. The summed E-state index contributed by atoms with van der Waals surface area (Å²) in [6, 6.07) is -1.02. The van der Waals surface area contributed by atoms with Gasteiger partial charge in [0, 0.05) is 7.05 Å². The smallest absolute Gasteiger partial charge is 0.326 e. The molecule has 2 aromatic heterocycles. The van der Waals surface area contributed by atoms with Crippen LogP contribution in [0.25, 0.3) is 10.6 Å². The standard InChI is InChI=1S/C18H22N4O4S/c1-6-7-8-12(18(25)26)20-15(23)14-11(4)19-16(27-14)13-9(2)10(3)21-22(5)17(13)24/h6,12H,1,7-8H2,2-5H3,(H,20,23)(H,25,26). The first-order valence-electron chi connectivity index (χ1n) is 8.34. The number of carbonyl (C=O) groups excluding carboxylic acids is 1. The Bertz CT molecular complexity index is 961. The maximum absolute atomic E-state index is 12.6. The van der Waals surface area contributed by atoms with E-state index in [-0.39, 0.29) is 16.9 Å². The Kier molecular flexibility index (Phi) is 6.27. The number of hydrogen-bond acceptors (Lipinski definition) is 6. The van der Waals surface area contributed by atoms with Crippen molar-refractivity contribution in [1.82, 2.24) is 20.1 Å². The van der Waals surface area contributed by atoms with Gasteiger partial charge in [0.25, 0.3) is 11.5 Å². The van der Waals surface area contributed by atoms with Crippen LogP contribution in [0.15, 0.2) is 17.4 Å². The first kappa shape index (κ1) is 20.5. The summed E-state index contributed by atoms with van der Waals surface area (Å²) in [5.74, 6) is -1.63. The molecule has 2 heterocycles. The minimum atomic E-state index is -1.11. The van der Waals surface area contributed by atoms with Crippen LogP contribution in [0.2, 0.25) is 0 Å². The van der Waals surface area contributed by atoms with Crippen LogP contribution in [0.5, 0.6) is 0 Å². The number of carboxylic acids is 1. The van der Waals surface area contributed by atoms with Crippen molar-refractivity contribution in [2.45, 2.75) is 39.7 Å². The normalized spacial score (nSPS) is 11.9. The van der Waals surface area contributed by atoms with E-state index < -0.39 is 17.9 Å². The maximum atomic E-state index is 12.6. The Morgan fingerprint density at radius 3 is 2.59 bits per heavy atom. The number of allylic oxidation sites excluding steroid dienone is 1.